The lowest BCUT2D eigenvalue weighted by Crippen LogP contribution is -2.16. The van der Waals surface area contributed by atoms with Gasteiger partial charge in [0.1, 0.15) is 5.82 Å². The van der Waals surface area contributed by atoms with Gasteiger partial charge in [-0.3, -0.25) is 9.78 Å². The standard InChI is InChI=1S/C9H10N4O/c1-5-10-9-11-8(14)6-3-2-4-7(6)13(9)12-5/h2-4H2,1H3,(H,10,11,12,14). The molecular weight excluding hydrogens is 180 g/mol. The maximum absolute atomic E-state index is 11.6. The zero-order valence-corrected chi connectivity index (χ0v) is 7.87. The quantitative estimate of drug-likeness (QED) is 0.646. The molecule has 0 aromatic carbocycles. The minimum absolute atomic E-state index is 0.00241. The number of fused-ring (bicyclic) bond motifs is 3. The van der Waals surface area contributed by atoms with Gasteiger partial charge in [0.25, 0.3) is 5.56 Å². The Balaban J connectivity index is 2.51. The number of hydrogen-bond donors (Lipinski definition) is 1. The summed E-state index contributed by atoms with van der Waals surface area (Å²) in [5.74, 6) is 1.26. The number of aryl methyl sites for hydroxylation is 2. The normalized spacial score (nSPS) is 14.9. The number of nitrogens with zero attached hydrogens (tertiary/aromatic N) is 3. The summed E-state index contributed by atoms with van der Waals surface area (Å²) < 4.78 is 1.76. The number of H-pyrrole nitrogens is 1. The second-order valence-corrected chi connectivity index (χ2v) is 3.63. The van der Waals surface area contributed by atoms with Crippen molar-refractivity contribution in [3.8, 4) is 0 Å². The van der Waals surface area contributed by atoms with E-state index in [1.807, 2.05) is 6.92 Å². The molecule has 0 saturated carbocycles. The van der Waals surface area contributed by atoms with Crippen molar-refractivity contribution in [1.82, 2.24) is 19.6 Å². The van der Waals surface area contributed by atoms with Crippen LogP contribution in [0.15, 0.2) is 4.79 Å². The number of hydrogen-bond acceptors (Lipinski definition) is 3. The first-order chi connectivity index (χ1) is 6.75. The summed E-state index contributed by atoms with van der Waals surface area (Å²) in [5, 5.41) is 4.26. The van der Waals surface area contributed by atoms with Gasteiger partial charge in [-0.15, -0.1) is 0 Å². The fraction of sp³-hybridized carbons (Fsp3) is 0.444. The molecule has 0 radical (unpaired) electrons. The maximum Gasteiger partial charge on any atom is 0.255 e. The third-order valence-electron chi connectivity index (χ3n) is 2.66. The summed E-state index contributed by atoms with van der Waals surface area (Å²) in [6.45, 7) is 1.83. The molecule has 0 amide bonds. The SMILES string of the molecule is Cc1nc2[nH]c(=O)c3c(n2n1)CCC3. The molecule has 1 aliphatic carbocycles. The Kier molecular flexibility index (Phi) is 1.34. The molecule has 0 atom stereocenters. The van der Waals surface area contributed by atoms with Crippen molar-refractivity contribution in [2.45, 2.75) is 26.2 Å². The fourth-order valence-corrected chi connectivity index (χ4v) is 2.07. The minimum Gasteiger partial charge on any atom is -0.291 e. The van der Waals surface area contributed by atoms with Crippen LogP contribution in [0, 0.1) is 6.92 Å². The van der Waals surface area contributed by atoms with E-state index in [9.17, 15) is 4.79 Å². The monoisotopic (exact) mass is 190 g/mol. The van der Waals surface area contributed by atoms with E-state index in [1.54, 1.807) is 4.52 Å². The molecule has 1 aliphatic rings. The van der Waals surface area contributed by atoms with E-state index in [0.717, 1.165) is 30.5 Å². The Bertz CT molecular complexity index is 566. The summed E-state index contributed by atoms with van der Waals surface area (Å²) >= 11 is 0. The van der Waals surface area contributed by atoms with Gasteiger partial charge >= 0.3 is 0 Å². The Labute approximate surface area is 79.8 Å². The molecule has 2 aromatic rings. The number of aromatic nitrogens is 4. The number of rotatable bonds is 0. The smallest absolute Gasteiger partial charge is 0.255 e. The van der Waals surface area contributed by atoms with Crippen molar-refractivity contribution in [2.24, 2.45) is 0 Å². The highest BCUT2D eigenvalue weighted by Crippen LogP contribution is 2.17. The molecular formula is C9H10N4O. The Hall–Kier alpha value is -1.65. The lowest BCUT2D eigenvalue weighted by molar-refractivity contribution is 0.825. The van der Waals surface area contributed by atoms with Crippen LogP contribution in [0.2, 0.25) is 0 Å². The van der Waals surface area contributed by atoms with Crippen molar-refractivity contribution < 1.29 is 0 Å². The molecule has 3 rings (SSSR count). The van der Waals surface area contributed by atoms with Crippen molar-refractivity contribution in [2.75, 3.05) is 0 Å². The molecule has 14 heavy (non-hydrogen) atoms. The topological polar surface area (TPSA) is 63.0 Å². The molecule has 72 valence electrons. The van der Waals surface area contributed by atoms with Crippen LogP contribution in [-0.2, 0) is 12.8 Å². The third kappa shape index (κ3) is 0.865. The van der Waals surface area contributed by atoms with Gasteiger partial charge in [-0.25, -0.2) is 4.52 Å². The van der Waals surface area contributed by atoms with E-state index in [4.69, 9.17) is 0 Å². The third-order valence-corrected chi connectivity index (χ3v) is 2.66. The lowest BCUT2D eigenvalue weighted by Gasteiger charge is -1.99. The van der Waals surface area contributed by atoms with Gasteiger partial charge in [0.15, 0.2) is 0 Å². The maximum atomic E-state index is 11.6. The number of nitrogens with one attached hydrogen (secondary N) is 1. The average molecular weight is 190 g/mol. The van der Waals surface area contributed by atoms with Crippen molar-refractivity contribution in [1.29, 1.82) is 0 Å². The van der Waals surface area contributed by atoms with Crippen LogP contribution in [0.25, 0.3) is 5.78 Å². The fourth-order valence-electron chi connectivity index (χ4n) is 2.07. The molecule has 2 heterocycles. The minimum atomic E-state index is -0.00241. The predicted molar refractivity (Wildman–Crippen MR) is 50.4 cm³/mol. The van der Waals surface area contributed by atoms with Crippen LogP contribution in [0.1, 0.15) is 23.5 Å². The van der Waals surface area contributed by atoms with Gasteiger partial charge in [0.2, 0.25) is 5.78 Å². The highest BCUT2D eigenvalue weighted by molar-refractivity contribution is 5.35. The Morgan fingerprint density at radius 2 is 2.29 bits per heavy atom. The number of aromatic amines is 1. The molecule has 1 N–H and O–H groups in total. The zero-order valence-electron chi connectivity index (χ0n) is 7.87. The summed E-state index contributed by atoms with van der Waals surface area (Å²) in [6, 6.07) is 0. The van der Waals surface area contributed by atoms with E-state index >= 15 is 0 Å². The highest BCUT2D eigenvalue weighted by atomic mass is 16.1. The molecule has 0 fully saturated rings. The van der Waals surface area contributed by atoms with Crippen LogP contribution in [0.4, 0.5) is 0 Å². The largest absolute Gasteiger partial charge is 0.291 e. The van der Waals surface area contributed by atoms with E-state index in [2.05, 4.69) is 15.1 Å². The first-order valence-corrected chi connectivity index (χ1v) is 4.73. The molecule has 0 saturated heterocycles. The van der Waals surface area contributed by atoms with E-state index < -0.39 is 0 Å². The first kappa shape index (κ1) is 7.73. The zero-order chi connectivity index (χ0) is 9.71. The predicted octanol–water partition coefficient (Wildman–Crippen LogP) is 0.215. The molecule has 2 aromatic heterocycles. The highest BCUT2D eigenvalue weighted by Gasteiger charge is 2.19. The molecule has 0 spiro atoms. The summed E-state index contributed by atoms with van der Waals surface area (Å²) in [4.78, 5) is 18.5. The van der Waals surface area contributed by atoms with E-state index in [1.165, 1.54) is 0 Å². The van der Waals surface area contributed by atoms with Gasteiger partial charge < -0.3 is 0 Å². The van der Waals surface area contributed by atoms with Crippen LogP contribution in [0.5, 0.6) is 0 Å². The van der Waals surface area contributed by atoms with Gasteiger partial charge in [-0.05, 0) is 26.2 Å². The van der Waals surface area contributed by atoms with Gasteiger partial charge in [-0.2, -0.15) is 10.1 Å². The summed E-state index contributed by atoms with van der Waals surface area (Å²) in [7, 11) is 0. The van der Waals surface area contributed by atoms with E-state index in [-0.39, 0.29) is 5.56 Å². The molecule has 0 unspecified atom stereocenters. The van der Waals surface area contributed by atoms with Crippen LogP contribution in [0.3, 0.4) is 0 Å². The van der Waals surface area contributed by atoms with Crippen molar-refractivity contribution in [3.63, 3.8) is 0 Å². The first-order valence-electron chi connectivity index (χ1n) is 4.73. The summed E-state index contributed by atoms with van der Waals surface area (Å²) in [5.41, 5.74) is 1.91. The lowest BCUT2D eigenvalue weighted by atomic mass is 10.3. The average Bonchev–Trinajstić information content (AvgIpc) is 2.69. The molecule has 0 bridgehead atoms. The van der Waals surface area contributed by atoms with Crippen molar-refractivity contribution >= 4 is 5.78 Å². The molecule has 5 nitrogen and oxygen atoms in total. The van der Waals surface area contributed by atoms with Gasteiger partial charge in [0.05, 0.1) is 5.69 Å². The Morgan fingerprint density at radius 3 is 3.14 bits per heavy atom. The second kappa shape index (κ2) is 2.43. The van der Waals surface area contributed by atoms with Gasteiger partial charge in [-0.1, -0.05) is 0 Å². The summed E-state index contributed by atoms with van der Waals surface area (Å²) in [6.07, 6.45) is 2.83. The van der Waals surface area contributed by atoms with Crippen molar-refractivity contribution in [3.05, 3.63) is 27.4 Å². The van der Waals surface area contributed by atoms with E-state index in [0.29, 0.717) is 11.6 Å². The van der Waals surface area contributed by atoms with Crippen LogP contribution in [-0.4, -0.2) is 19.6 Å². The van der Waals surface area contributed by atoms with Gasteiger partial charge in [0, 0.05) is 5.56 Å². The molecule has 5 heteroatoms. The van der Waals surface area contributed by atoms with Crippen LogP contribution < -0.4 is 5.56 Å². The molecule has 0 aliphatic heterocycles. The Morgan fingerprint density at radius 1 is 1.43 bits per heavy atom. The van der Waals surface area contributed by atoms with Crippen LogP contribution >= 0.6 is 0 Å². The second-order valence-electron chi connectivity index (χ2n) is 3.63.